The Morgan fingerprint density at radius 2 is 2.03 bits per heavy atom. The first kappa shape index (κ1) is 20.0. The molecule has 4 rings (SSSR count). The van der Waals surface area contributed by atoms with Crippen LogP contribution in [0, 0.1) is 12.7 Å². The largest absolute Gasteiger partial charge is 0.371 e. The number of nitrogens with two attached hydrogens (primary N) is 1. The number of thiophene rings is 1. The molecule has 1 unspecified atom stereocenters. The average molecular weight is 435 g/mol. The van der Waals surface area contributed by atoms with Crippen molar-refractivity contribution in [2.75, 3.05) is 19.7 Å². The lowest BCUT2D eigenvalue weighted by Gasteiger charge is -2.32. The number of amides is 1. The highest BCUT2D eigenvalue weighted by molar-refractivity contribution is 7.89. The van der Waals surface area contributed by atoms with Crippen molar-refractivity contribution in [1.82, 2.24) is 4.31 Å². The van der Waals surface area contributed by atoms with E-state index in [1.165, 1.54) is 27.8 Å². The number of sulfonamides is 1. The molecule has 1 atom stereocenters. The van der Waals surface area contributed by atoms with Crippen molar-refractivity contribution < 1.29 is 22.3 Å². The number of benzene rings is 2. The van der Waals surface area contributed by atoms with Crippen LogP contribution in [-0.4, -0.2) is 38.3 Å². The lowest BCUT2D eigenvalue weighted by molar-refractivity contribution is -0.00189. The zero-order valence-electron chi connectivity index (χ0n) is 15.6. The van der Waals surface area contributed by atoms with Gasteiger partial charge in [0.25, 0.3) is 5.91 Å². The predicted molar refractivity (Wildman–Crippen MR) is 109 cm³/mol. The summed E-state index contributed by atoms with van der Waals surface area (Å²) in [6, 6.07) is 11.3. The topological polar surface area (TPSA) is 89.7 Å². The van der Waals surface area contributed by atoms with Gasteiger partial charge in [-0.2, -0.15) is 4.31 Å². The van der Waals surface area contributed by atoms with Gasteiger partial charge in [-0.15, -0.1) is 11.3 Å². The number of hydrogen-bond acceptors (Lipinski definition) is 5. The van der Waals surface area contributed by atoms with Crippen molar-refractivity contribution in [3.63, 3.8) is 0 Å². The van der Waals surface area contributed by atoms with E-state index in [2.05, 4.69) is 0 Å². The van der Waals surface area contributed by atoms with Crippen LogP contribution in [0.15, 0.2) is 47.4 Å². The Bertz CT molecular complexity index is 1210. The van der Waals surface area contributed by atoms with Gasteiger partial charge >= 0.3 is 0 Å². The first-order valence-electron chi connectivity index (χ1n) is 8.98. The highest BCUT2D eigenvalue weighted by Crippen LogP contribution is 2.38. The summed E-state index contributed by atoms with van der Waals surface area (Å²) in [5.74, 6) is -1.15. The maximum atomic E-state index is 13.9. The summed E-state index contributed by atoms with van der Waals surface area (Å²) in [7, 11) is -3.91. The summed E-state index contributed by atoms with van der Waals surface area (Å²) in [5.41, 5.74) is 6.55. The van der Waals surface area contributed by atoms with E-state index in [1.807, 2.05) is 24.3 Å². The molecule has 1 aliphatic rings. The highest BCUT2D eigenvalue weighted by Gasteiger charge is 2.34. The molecule has 3 aromatic rings. The lowest BCUT2D eigenvalue weighted by Crippen LogP contribution is -2.42. The summed E-state index contributed by atoms with van der Waals surface area (Å²) >= 11 is 1.26. The normalized spacial score (nSPS) is 18.2. The van der Waals surface area contributed by atoms with Crippen molar-refractivity contribution in [2.45, 2.75) is 17.9 Å². The standard InChI is InChI=1S/C20H19FN2O4S2/c1-12-6-7-13(10-15(12)21)29(25,26)23-8-9-27-16(11-23)18-14-4-2-3-5-17(14)28-19(18)20(22)24/h2-7,10,16H,8-9,11H2,1H3,(H2,22,24). The molecule has 0 spiro atoms. The van der Waals surface area contributed by atoms with Crippen LogP contribution >= 0.6 is 11.3 Å². The van der Waals surface area contributed by atoms with Gasteiger partial charge in [-0.3, -0.25) is 4.79 Å². The number of carbonyl (C=O) groups is 1. The number of fused-ring (bicyclic) bond motifs is 1. The first-order valence-corrected chi connectivity index (χ1v) is 11.2. The van der Waals surface area contributed by atoms with Gasteiger partial charge in [-0.1, -0.05) is 24.3 Å². The van der Waals surface area contributed by atoms with Gasteiger partial charge in [0, 0.05) is 23.4 Å². The van der Waals surface area contributed by atoms with Crippen LogP contribution in [0.1, 0.15) is 26.9 Å². The molecule has 1 saturated heterocycles. The van der Waals surface area contributed by atoms with Gasteiger partial charge < -0.3 is 10.5 Å². The summed E-state index contributed by atoms with van der Waals surface area (Å²) in [5, 5.41) is 0.817. The van der Waals surface area contributed by atoms with Crippen LogP contribution < -0.4 is 5.73 Å². The second kappa shape index (κ2) is 7.49. The molecule has 0 radical (unpaired) electrons. The van der Waals surface area contributed by atoms with E-state index in [1.54, 1.807) is 6.92 Å². The van der Waals surface area contributed by atoms with Crippen LogP contribution in [0.3, 0.4) is 0 Å². The Morgan fingerprint density at radius 3 is 2.76 bits per heavy atom. The second-order valence-corrected chi connectivity index (χ2v) is 9.83. The number of primary amides is 1. The minimum Gasteiger partial charge on any atom is -0.371 e. The molecule has 1 fully saturated rings. The van der Waals surface area contributed by atoms with E-state index < -0.39 is 27.9 Å². The smallest absolute Gasteiger partial charge is 0.259 e. The Balaban J connectivity index is 1.72. The van der Waals surface area contributed by atoms with E-state index in [9.17, 15) is 17.6 Å². The number of ether oxygens (including phenoxy) is 1. The van der Waals surface area contributed by atoms with Crippen LogP contribution in [0.4, 0.5) is 4.39 Å². The maximum absolute atomic E-state index is 13.9. The number of halogens is 1. The number of hydrogen-bond donors (Lipinski definition) is 1. The molecule has 2 aromatic carbocycles. The molecule has 0 aliphatic carbocycles. The summed E-state index contributed by atoms with van der Waals surface area (Å²) in [6.07, 6.45) is -0.646. The minimum atomic E-state index is -3.91. The van der Waals surface area contributed by atoms with Crippen molar-refractivity contribution in [1.29, 1.82) is 0 Å². The molecular formula is C20H19FN2O4S2. The van der Waals surface area contributed by atoms with E-state index in [4.69, 9.17) is 10.5 Å². The third-order valence-corrected chi connectivity index (χ3v) is 8.05. The molecule has 0 bridgehead atoms. The van der Waals surface area contributed by atoms with Crippen LogP contribution in [0.2, 0.25) is 0 Å². The molecule has 1 aromatic heterocycles. The van der Waals surface area contributed by atoms with Crippen molar-refractivity contribution in [3.8, 4) is 0 Å². The molecule has 6 nitrogen and oxygen atoms in total. The number of carbonyl (C=O) groups excluding carboxylic acids is 1. The van der Waals surface area contributed by atoms with E-state index in [0.717, 1.165) is 16.2 Å². The number of rotatable bonds is 4. The third kappa shape index (κ3) is 3.55. The zero-order chi connectivity index (χ0) is 20.8. The van der Waals surface area contributed by atoms with Gasteiger partial charge in [0.2, 0.25) is 10.0 Å². The third-order valence-electron chi connectivity index (χ3n) is 4.99. The van der Waals surface area contributed by atoms with Crippen LogP contribution in [-0.2, 0) is 14.8 Å². The Kier molecular flexibility index (Phi) is 5.16. The van der Waals surface area contributed by atoms with Gasteiger partial charge in [0.05, 0.1) is 22.5 Å². The molecular weight excluding hydrogens is 415 g/mol. The van der Waals surface area contributed by atoms with E-state index in [0.29, 0.717) is 16.0 Å². The Morgan fingerprint density at radius 1 is 1.28 bits per heavy atom. The van der Waals surface area contributed by atoms with Crippen molar-refractivity contribution in [2.24, 2.45) is 5.73 Å². The Labute approximate surface area is 171 Å². The monoisotopic (exact) mass is 434 g/mol. The fourth-order valence-corrected chi connectivity index (χ4v) is 6.01. The summed E-state index contributed by atoms with van der Waals surface area (Å²) in [6.45, 7) is 1.88. The van der Waals surface area contributed by atoms with E-state index >= 15 is 0 Å². The van der Waals surface area contributed by atoms with Gasteiger partial charge in [-0.25, -0.2) is 12.8 Å². The van der Waals surface area contributed by atoms with E-state index in [-0.39, 0.29) is 24.6 Å². The molecule has 2 N–H and O–H groups in total. The number of nitrogens with zero attached hydrogens (tertiary/aromatic N) is 1. The molecule has 152 valence electrons. The fourth-order valence-electron chi connectivity index (χ4n) is 3.47. The summed E-state index contributed by atoms with van der Waals surface area (Å²) < 4.78 is 48.0. The van der Waals surface area contributed by atoms with Gasteiger partial charge in [0.15, 0.2) is 0 Å². The SMILES string of the molecule is Cc1ccc(S(=O)(=O)N2CCOC(c3c(C(N)=O)sc4ccccc34)C2)cc1F. The number of morpholine rings is 1. The zero-order valence-corrected chi connectivity index (χ0v) is 17.2. The molecule has 2 heterocycles. The average Bonchev–Trinajstić information content (AvgIpc) is 3.10. The summed E-state index contributed by atoms with van der Waals surface area (Å²) in [4.78, 5) is 12.3. The van der Waals surface area contributed by atoms with Gasteiger partial charge in [0.1, 0.15) is 5.82 Å². The quantitative estimate of drug-likeness (QED) is 0.683. The minimum absolute atomic E-state index is 0.0127. The lowest BCUT2D eigenvalue weighted by atomic mass is 10.0. The molecule has 0 saturated carbocycles. The molecule has 29 heavy (non-hydrogen) atoms. The molecule has 1 aliphatic heterocycles. The van der Waals surface area contributed by atoms with Gasteiger partial charge in [-0.05, 0) is 36.1 Å². The highest BCUT2D eigenvalue weighted by atomic mass is 32.2. The Hall–Kier alpha value is -2.33. The fraction of sp³-hybridized carbons (Fsp3) is 0.250. The maximum Gasteiger partial charge on any atom is 0.259 e. The van der Waals surface area contributed by atoms with Crippen molar-refractivity contribution >= 4 is 37.4 Å². The predicted octanol–water partition coefficient (Wildman–Crippen LogP) is 3.21. The van der Waals surface area contributed by atoms with Crippen LogP contribution in [0.25, 0.3) is 10.1 Å². The number of aryl methyl sites for hydroxylation is 1. The van der Waals surface area contributed by atoms with Crippen molar-refractivity contribution in [3.05, 3.63) is 64.3 Å². The van der Waals surface area contributed by atoms with Crippen LogP contribution in [0.5, 0.6) is 0 Å². The molecule has 9 heteroatoms. The first-order chi connectivity index (χ1) is 13.8. The molecule has 1 amide bonds. The second-order valence-electron chi connectivity index (χ2n) is 6.84.